The second-order valence-corrected chi connectivity index (χ2v) is 7.46. The Hall–Kier alpha value is -1.92. The Morgan fingerprint density at radius 1 is 1.17 bits per heavy atom. The first-order chi connectivity index (χ1) is 11.6. The lowest BCUT2D eigenvalue weighted by Crippen LogP contribution is -2.45. The highest BCUT2D eigenvalue weighted by molar-refractivity contribution is 7.15. The van der Waals surface area contributed by atoms with Gasteiger partial charge >= 0.3 is 0 Å². The molecular formula is C18H24N4OS. The Kier molecular flexibility index (Phi) is 5.48. The van der Waals surface area contributed by atoms with Crippen molar-refractivity contribution in [2.75, 3.05) is 31.1 Å². The molecule has 0 aliphatic carbocycles. The lowest BCUT2D eigenvalue weighted by molar-refractivity contribution is -0.119. The van der Waals surface area contributed by atoms with E-state index in [4.69, 9.17) is 0 Å². The quantitative estimate of drug-likeness (QED) is 0.905. The zero-order chi connectivity index (χ0) is 16.9. The van der Waals surface area contributed by atoms with Gasteiger partial charge in [-0.15, -0.1) is 11.3 Å². The van der Waals surface area contributed by atoms with Gasteiger partial charge in [-0.25, -0.2) is 4.98 Å². The van der Waals surface area contributed by atoms with E-state index < -0.39 is 0 Å². The molecule has 0 spiro atoms. The summed E-state index contributed by atoms with van der Waals surface area (Å²) >= 11 is 1.77. The van der Waals surface area contributed by atoms with Crippen molar-refractivity contribution in [3.63, 3.8) is 0 Å². The number of amides is 1. The molecule has 1 aliphatic rings. The van der Waals surface area contributed by atoms with Crippen LogP contribution in [0.3, 0.4) is 0 Å². The number of aromatic nitrogens is 1. The summed E-state index contributed by atoms with van der Waals surface area (Å²) in [6.45, 7) is 9.42. The number of anilines is 1. The molecule has 5 nitrogen and oxygen atoms in total. The summed E-state index contributed by atoms with van der Waals surface area (Å²) in [5.41, 5.74) is 2.46. The van der Waals surface area contributed by atoms with Gasteiger partial charge in [0.05, 0.1) is 0 Å². The van der Waals surface area contributed by atoms with Gasteiger partial charge in [-0.3, -0.25) is 9.69 Å². The molecule has 2 heterocycles. The maximum atomic E-state index is 11.0. The van der Waals surface area contributed by atoms with E-state index in [1.54, 1.807) is 18.3 Å². The van der Waals surface area contributed by atoms with Crippen molar-refractivity contribution in [3.05, 3.63) is 46.5 Å². The Labute approximate surface area is 147 Å². The molecular weight excluding hydrogens is 320 g/mol. The Morgan fingerprint density at radius 2 is 1.83 bits per heavy atom. The van der Waals surface area contributed by atoms with E-state index in [-0.39, 0.29) is 5.91 Å². The normalized spacial score (nSPS) is 15.5. The summed E-state index contributed by atoms with van der Waals surface area (Å²) in [5, 5.41) is 3.97. The van der Waals surface area contributed by atoms with Crippen LogP contribution < -0.4 is 10.2 Å². The predicted molar refractivity (Wildman–Crippen MR) is 98.3 cm³/mol. The molecule has 1 aliphatic heterocycles. The SMILES string of the molecule is CC(=O)NCc1ccc(CN2CCN(c3ncc(C)s3)CC2)cc1. The second kappa shape index (κ2) is 7.77. The van der Waals surface area contributed by atoms with Crippen molar-refractivity contribution >= 4 is 22.4 Å². The first kappa shape index (κ1) is 16.9. The number of piperazine rings is 1. The lowest BCUT2D eigenvalue weighted by atomic mass is 10.1. The molecule has 1 fully saturated rings. The van der Waals surface area contributed by atoms with Gasteiger partial charge in [0, 0.05) is 57.3 Å². The number of benzene rings is 1. The Bertz CT molecular complexity index is 675. The molecule has 1 amide bonds. The first-order valence-electron chi connectivity index (χ1n) is 8.32. The van der Waals surface area contributed by atoms with E-state index in [1.165, 1.54) is 10.4 Å². The zero-order valence-electron chi connectivity index (χ0n) is 14.3. The average Bonchev–Trinajstić information content (AvgIpc) is 3.01. The highest BCUT2D eigenvalue weighted by atomic mass is 32.1. The van der Waals surface area contributed by atoms with E-state index >= 15 is 0 Å². The number of carbonyl (C=O) groups is 1. The third-order valence-corrected chi connectivity index (χ3v) is 5.20. The average molecular weight is 344 g/mol. The molecule has 1 aromatic carbocycles. The fourth-order valence-electron chi connectivity index (χ4n) is 2.83. The van der Waals surface area contributed by atoms with Crippen LogP contribution in [-0.4, -0.2) is 42.0 Å². The second-order valence-electron chi connectivity index (χ2n) is 6.24. The minimum atomic E-state index is 0.00683. The summed E-state index contributed by atoms with van der Waals surface area (Å²) in [7, 11) is 0. The van der Waals surface area contributed by atoms with Crippen LogP contribution in [0.1, 0.15) is 22.9 Å². The van der Waals surface area contributed by atoms with Crippen molar-refractivity contribution in [2.24, 2.45) is 0 Å². The summed E-state index contributed by atoms with van der Waals surface area (Å²) in [4.78, 5) is 21.6. The monoisotopic (exact) mass is 344 g/mol. The fraction of sp³-hybridized carbons (Fsp3) is 0.444. The van der Waals surface area contributed by atoms with Crippen LogP contribution in [0.2, 0.25) is 0 Å². The Morgan fingerprint density at radius 3 is 2.42 bits per heavy atom. The third-order valence-electron chi connectivity index (χ3n) is 4.22. The molecule has 128 valence electrons. The molecule has 0 bridgehead atoms. The van der Waals surface area contributed by atoms with Gasteiger partial charge in [0.15, 0.2) is 5.13 Å². The number of hydrogen-bond acceptors (Lipinski definition) is 5. The van der Waals surface area contributed by atoms with Crippen LogP contribution in [0.4, 0.5) is 5.13 Å². The van der Waals surface area contributed by atoms with E-state index in [9.17, 15) is 4.79 Å². The standard InChI is InChI=1S/C18H24N4OS/c1-14-11-20-18(24-14)22-9-7-21(8-10-22)13-17-5-3-16(4-6-17)12-19-15(2)23/h3-6,11H,7-10,12-13H2,1-2H3,(H,19,23). The summed E-state index contributed by atoms with van der Waals surface area (Å²) in [6.07, 6.45) is 1.95. The highest BCUT2D eigenvalue weighted by Crippen LogP contribution is 2.23. The molecule has 3 rings (SSSR count). The molecule has 0 saturated carbocycles. The molecule has 2 aromatic rings. The fourth-order valence-corrected chi connectivity index (χ4v) is 3.64. The van der Waals surface area contributed by atoms with Gasteiger partial charge in [0.25, 0.3) is 0 Å². The van der Waals surface area contributed by atoms with Crippen LogP contribution in [0.5, 0.6) is 0 Å². The van der Waals surface area contributed by atoms with Gasteiger partial charge in [-0.1, -0.05) is 24.3 Å². The van der Waals surface area contributed by atoms with Gasteiger partial charge in [0.2, 0.25) is 5.91 Å². The van der Waals surface area contributed by atoms with Crippen LogP contribution in [0.25, 0.3) is 0 Å². The molecule has 24 heavy (non-hydrogen) atoms. The minimum Gasteiger partial charge on any atom is -0.352 e. The van der Waals surface area contributed by atoms with Crippen LogP contribution in [0, 0.1) is 6.92 Å². The van der Waals surface area contributed by atoms with E-state index in [1.807, 2.05) is 6.20 Å². The van der Waals surface area contributed by atoms with Crippen molar-refractivity contribution in [1.82, 2.24) is 15.2 Å². The van der Waals surface area contributed by atoms with E-state index in [0.29, 0.717) is 6.54 Å². The zero-order valence-corrected chi connectivity index (χ0v) is 15.1. The van der Waals surface area contributed by atoms with Crippen LogP contribution >= 0.6 is 11.3 Å². The smallest absolute Gasteiger partial charge is 0.217 e. The van der Waals surface area contributed by atoms with Crippen LogP contribution in [0.15, 0.2) is 30.5 Å². The topological polar surface area (TPSA) is 48.5 Å². The summed E-state index contributed by atoms with van der Waals surface area (Å²) < 4.78 is 0. The molecule has 0 unspecified atom stereocenters. The van der Waals surface area contributed by atoms with Gasteiger partial charge in [-0.05, 0) is 18.1 Å². The maximum absolute atomic E-state index is 11.0. The van der Waals surface area contributed by atoms with Crippen molar-refractivity contribution < 1.29 is 4.79 Å². The van der Waals surface area contributed by atoms with E-state index in [2.05, 4.69) is 51.3 Å². The van der Waals surface area contributed by atoms with Crippen LogP contribution in [-0.2, 0) is 17.9 Å². The van der Waals surface area contributed by atoms with Crippen molar-refractivity contribution in [1.29, 1.82) is 0 Å². The number of nitrogens with one attached hydrogen (secondary N) is 1. The number of rotatable bonds is 5. The number of carbonyl (C=O) groups excluding carboxylic acids is 1. The lowest BCUT2D eigenvalue weighted by Gasteiger charge is -2.34. The molecule has 0 atom stereocenters. The minimum absolute atomic E-state index is 0.00683. The molecule has 1 aromatic heterocycles. The summed E-state index contributed by atoms with van der Waals surface area (Å²) in [6, 6.07) is 8.52. The van der Waals surface area contributed by atoms with Crippen molar-refractivity contribution in [3.8, 4) is 0 Å². The van der Waals surface area contributed by atoms with Crippen molar-refractivity contribution in [2.45, 2.75) is 26.9 Å². The van der Waals surface area contributed by atoms with Gasteiger partial charge in [-0.2, -0.15) is 0 Å². The first-order valence-corrected chi connectivity index (χ1v) is 9.14. The number of nitrogens with zero attached hydrogens (tertiary/aromatic N) is 3. The van der Waals surface area contributed by atoms with Gasteiger partial charge in [0.1, 0.15) is 0 Å². The van der Waals surface area contributed by atoms with E-state index in [0.717, 1.165) is 43.4 Å². The summed E-state index contributed by atoms with van der Waals surface area (Å²) in [5.74, 6) is 0.00683. The number of aryl methyl sites for hydroxylation is 1. The molecule has 6 heteroatoms. The predicted octanol–water partition coefficient (Wildman–Crippen LogP) is 2.41. The largest absolute Gasteiger partial charge is 0.352 e. The maximum Gasteiger partial charge on any atom is 0.217 e. The third kappa shape index (κ3) is 4.55. The molecule has 1 saturated heterocycles. The highest BCUT2D eigenvalue weighted by Gasteiger charge is 2.19. The number of thiazole rings is 1. The molecule has 1 N–H and O–H groups in total. The molecule has 0 radical (unpaired) electrons. The Balaban J connectivity index is 1.48. The van der Waals surface area contributed by atoms with Gasteiger partial charge < -0.3 is 10.2 Å². The number of hydrogen-bond donors (Lipinski definition) is 1.